The lowest BCUT2D eigenvalue weighted by Crippen LogP contribution is -2.20. The molecule has 4 nitrogen and oxygen atoms in total. The Hall–Kier alpha value is -1.03. The van der Waals surface area contributed by atoms with Crippen LogP contribution in [0.2, 0.25) is 0 Å². The first-order valence-corrected chi connectivity index (χ1v) is 4.08. The Morgan fingerprint density at radius 2 is 2.33 bits per heavy atom. The summed E-state index contributed by atoms with van der Waals surface area (Å²) >= 11 is 0. The van der Waals surface area contributed by atoms with Gasteiger partial charge in [-0.1, -0.05) is 0 Å². The van der Waals surface area contributed by atoms with Crippen molar-refractivity contribution in [3.8, 4) is 0 Å². The molecule has 1 aromatic heterocycles. The number of hydrogen-bond donors (Lipinski definition) is 1. The number of aromatic nitrogens is 2. The zero-order valence-corrected chi connectivity index (χ0v) is 7.58. The van der Waals surface area contributed by atoms with Gasteiger partial charge in [0, 0.05) is 18.9 Å². The van der Waals surface area contributed by atoms with Crippen molar-refractivity contribution in [2.24, 2.45) is 0 Å². The number of aromatic amines is 1. The maximum Gasteiger partial charge on any atom is 0.325 e. The summed E-state index contributed by atoms with van der Waals surface area (Å²) in [4.78, 5) is 15.7. The van der Waals surface area contributed by atoms with E-state index in [4.69, 9.17) is 0 Å². The minimum atomic E-state index is -0.0197. The van der Waals surface area contributed by atoms with Gasteiger partial charge in [-0.15, -0.1) is 0 Å². The van der Waals surface area contributed by atoms with E-state index in [0.717, 1.165) is 19.5 Å². The highest BCUT2D eigenvalue weighted by atomic mass is 16.1. The number of imidazole rings is 1. The van der Waals surface area contributed by atoms with Gasteiger partial charge in [-0.3, -0.25) is 4.57 Å². The first-order valence-electron chi connectivity index (χ1n) is 4.08. The van der Waals surface area contributed by atoms with E-state index in [1.807, 2.05) is 14.1 Å². The number of aryl methyl sites for hydroxylation is 1. The number of rotatable bonds is 4. The van der Waals surface area contributed by atoms with Gasteiger partial charge in [0.05, 0.1) is 0 Å². The van der Waals surface area contributed by atoms with Crippen molar-refractivity contribution >= 4 is 0 Å². The van der Waals surface area contributed by atoms with E-state index in [-0.39, 0.29) is 5.69 Å². The quantitative estimate of drug-likeness (QED) is 0.696. The van der Waals surface area contributed by atoms with E-state index >= 15 is 0 Å². The van der Waals surface area contributed by atoms with Crippen molar-refractivity contribution in [3.63, 3.8) is 0 Å². The van der Waals surface area contributed by atoms with Crippen LogP contribution in [0.15, 0.2) is 17.2 Å². The molecule has 0 unspecified atom stereocenters. The third-order valence-corrected chi connectivity index (χ3v) is 1.73. The Labute approximate surface area is 71.8 Å². The van der Waals surface area contributed by atoms with Gasteiger partial charge < -0.3 is 9.88 Å². The molecule has 0 aliphatic rings. The lowest BCUT2D eigenvalue weighted by molar-refractivity contribution is 0.385. The molecular formula is C8H15N3O. The fourth-order valence-electron chi connectivity index (χ4n) is 1.08. The molecule has 0 amide bonds. The molecule has 0 bridgehead atoms. The first-order chi connectivity index (χ1) is 5.70. The molecule has 0 atom stereocenters. The summed E-state index contributed by atoms with van der Waals surface area (Å²) < 4.78 is 1.68. The molecule has 1 N–H and O–H groups in total. The SMILES string of the molecule is CN(C)CCCn1cc[nH]c1=O. The topological polar surface area (TPSA) is 41.0 Å². The molecule has 0 radical (unpaired) electrons. The molecule has 0 aliphatic heterocycles. The van der Waals surface area contributed by atoms with Crippen LogP contribution in [0.4, 0.5) is 0 Å². The van der Waals surface area contributed by atoms with Crippen molar-refractivity contribution in [2.75, 3.05) is 20.6 Å². The van der Waals surface area contributed by atoms with Gasteiger partial charge in [0.1, 0.15) is 0 Å². The number of hydrogen-bond acceptors (Lipinski definition) is 2. The predicted molar refractivity (Wildman–Crippen MR) is 48.2 cm³/mol. The van der Waals surface area contributed by atoms with Crippen LogP contribution >= 0.6 is 0 Å². The van der Waals surface area contributed by atoms with Gasteiger partial charge >= 0.3 is 5.69 Å². The third-order valence-electron chi connectivity index (χ3n) is 1.73. The molecule has 0 saturated heterocycles. The van der Waals surface area contributed by atoms with E-state index in [1.165, 1.54) is 0 Å². The Morgan fingerprint density at radius 3 is 2.83 bits per heavy atom. The van der Waals surface area contributed by atoms with E-state index in [2.05, 4.69) is 9.88 Å². The van der Waals surface area contributed by atoms with E-state index < -0.39 is 0 Å². The maximum absolute atomic E-state index is 11.0. The van der Waals surface area contributed by atoms with Crippen LogP contribution in [0.3, 0.4) is 0 Å². The van der Waals surface area contributed by atoms with Crippen LogP contribution in [0, 0.1) is 0 Å². The monoisotopic (exact) mass is 169 g/mol. The molecule has 1 heterocycles. The Balaban J connectivity index is 2.34. The Morgan fingerprint density at radius 1 is 1.58 bits per heavy atom. The summed E-state index contributed by atoms with van der Waals surface area (Å²) in [5.74, 6) is 0. The van der Waals surface area contributed by atoms with Crippen molar-refractivity contribution < 1.29 is 0 Å². The molecule has 1 rings (SSSR count). The van der Waals surface area contributed by atoms with Gasteiger partial charge in [-0.05, 0) is 27.1 Å². The molecule has 0 aromatic carbocycles. The third kappa shape index (κ3) is 2.54. The summed E-state index contributed by atoms with van der Waals surface area (Å²) in [6.45, 7) is 1.80. The molecule has 0 saturated carbocycles. The van der Waals surface area contributed by atoms with Crippen molar-refractivity contribution in [3.05, 3.63) is 22.9 Å². The van der Waals surface area contributed by atoms with Crippen molar-refractivity contribution in [1.82, 2.24) is 14.5 Å². The number of H-pyrrole nitrogens is 1. The smallest absolute Gasteiger partial charge is 0.313 e. The molecule has 4 heteroatoms. The van der Waals surface area contributed by atoms with Crippen molar-refractivity contribution in [1.29, 1.82) is 0 Å². The maximum atomic E-state index is 11.0. The molecule has 0 aliphatic carbocycles. The highest BCUT2D eigenvalue weighted by molar-refractivity contribution is 4.75. The van der Waals surface area contributed by atoms with Crippen LogP contribution in [-0.2, 0) is 6.54 Å². The molecule has 12 heavy (non-hydrogen) atoms. The first kappa shape index (κ1) is 9.06. The van der Waals surface area contributed by atoms with Crippen LogP contribution in [0.25, 0.3) is 0 Å². The summed E-state index contributed by atoms with van der Waals surface area (Å²) in [5.41, 5.74) is -0.0197. The fraction of sp³-hybridized carbons (Fsp3) is 0.625. The average molecular weight is 169 g/mol. The standard InChI is InChI=1S/C8H15N3O/c1-10(2)5-3-6-11-7-4-9-8(11)12/h4,7H,3,5-6H2,1-2H3,(H,9,12). The lowest BCUT2D eigenvalue weighted by Gasteiger charge is -2.08. The molecule has 0 fully saturated rings. The summed E-state index contributed by atoms with van der Waals surface area (Å²) in [6.07, 6.45) is 4.45. The zero-order valence-electron chi connectivity index (χ0n) is 7.58. The molecule has 1 aromatic rings. The number of nitrogens with one attached hydrogen (secondary N) is 1. The second-order valence-electron chi connectivity index (χ2n) is 3.12. The summed E-state index contributed by atoms with van der Waals surface area (Å²) in [5, 5.41) is 0. The van der Waals surface area contributed by atoms with Crippen LogP contribution < -0.4 is 5.69 Å². The largest absolute Gasteiger partial charge is 0.325 e. The highest BCUT2D eigenvalue weighted by Gasteiger charge is 1.95. The van der Waals surface area contributed by atoms with E-state index in [9.17, 15) is 4.79 Å². The summed E-state index contributed by atoms with van der Waals surface area (Å²) in [6, 6.07) is 0. The second-order valence-corrected chi connectivity index (χ2v) is 3.12. The van der Waals surface area contributed by atoms with Gasteiger partial charge in [0.15, 0.2) is 0 Å². The normalized spacial score (nSPS) is 10.9. The van der Waals surface area contributed by atoms with E-state index in [1.54, 1.807) is 17.0 Å². The minimum absolute atomic E-state index is 0.0197. The zero-order chi connectivity index (χ0) is 8.97. The molecule has 68 valence electrons. The van der Waals surface area contributed by atoms with Gasteiger partial charge in [-0.25, -0.2) is 4.79 Å². The lowest BCUT2D eigenvalue weighted by atomic mass is 10.4. The fourth-order valence-corrected chi connectivity index (χ4v) is 1.08. The predicted octanol–water partition coefficient (Wildman–Crippen LogP) is 0.128. The van der Waals surface area contributed by atoms with Gasteiger partial charge in [0.25, 0.3) is 0 Å². The van der Waals surface area contributed by atoms with Gasteiger partial charge in [-0.2, -0.15) is 0 Å². The van der Waals surface area contributed by atoms with E-state index in [0.29, 0.717) is 0 Å². The number of nitrogens with zero attached hydrogens (tertiary/aromatic N) is 2. The summed E-state index contributed by atoms with van der Waals surface area (Å²) in [7, 11) is 4.06. The Kier molecular flexibility index (Phi) is 3.10. The van der Waals surface area contributed by atoms with Crippen LogP contribution in [0.5, 0.6) is 0 Å². The molecule has 0 spiro atoms. The van der Waals surface area contributed by atoms with Crippen LogP contribution in [-0.4, -0.2) is 35.1 Å². The van der Waals surface area contributed by atoms with Crippen molar-refractivity contribution in [2.45, 2.75) is 13.0 Å². The highest BCUT2D eigenvalue weighted by Crippen LogP contribution is 1.87. The second kappa shape index (κ2) is 4.11. The van der Waals surface area contributed by atoms with Gasteiger partial charge in [0.2, 0.25) is 0 Å². The van der Waals surface area contributed by atoms with Crippen LogP contribution in [0.1, 0.15) is 6.42 Å². The average Bonchev–Trinajstić information content (AvgIpc) is 2.36. The molecular weight excluding hydrogens is 154 g/mol. The minimum Gasteiger partial charge on any atom is -0.313 e. The Bertz CT molecular complexity index is 274.